The number of hydrogen-bond donors (Lipinski definition) is 2. The van der Waals surface area contributed by atoms with Crippen LogP contribution in [-0.2, 0) is 14.3 Å². The number of aliphatic carboxylic acids is 1. The van der Waals surface area contributed by atoms with Gasteiger partial charge in [-0.3, -0.25) is 9.59 Å². The number of nitrogens with one attached hydrogen (secondary N) is 1. The fraction of sp³-hybridized carbons (Fsp3) is 0.905. The van der Waals surface area contributed by atoms with Crippen molar-refractivity contribution < 1.29 is 19.4 Å². The lowest BCUT2D eigenvalue weighted by atomic mass is 10.0. The van der Waals surface area contributed by atoms with E-state index in [0.29, 0.717) is 19.4 Å². The van der Waals surface area contributed by atoms with Gasteiger partial charge in [-0.1, -0.05) is 84.0 Å². The van der Waals surface area contributed by atoms with Crippen molar-refractivity contribution in [3.05, 3.63) is 0 Å². The Bertz CT molecular complexity index is 386. The molecule has 0 aromatic heterocycles. The zero-order valence-electron chi connectivity index (χ0n) is 16.6. The van der Waals surface area contributed by atoms with Gasteiger partial charge in [-0.15, -0.1) is 0 Å². The van der Waals surface area contributed by atoms with Crippen molar-refractivity contribution in [2.75, 3.05) is 6.54 Å². The third kappa shape index (κ3) is 11.5. The molecule has 152 valence electrons. The molecule has 0 bridgehead atoms. The second kappa shape index (κ2) is 15.0. The van der Waals surface area contributed by atoms with Crippen LogP contribution in [0, 0.1) is 0 Å². The number of hydrogen-bond acceptors (Lipinski definition) is 4. The summed E-state index contributed by atoms with van der Waals surface area (Å²) in [5.74, 6) is -1.06. The van der Waals surface area contributed by atoms with Gasteiger partial charge in [0.05, 0.1) is 0 Å². The Morgan fingerprint density at radius 2 is 1.38 bits per heavy atom. The Kier molecular flexibility index (Phi) is 13.2. The number of esters is 1. The summed E-state index contributed by atoms with van der Waals surface area (Å²) < 4.78 is 5.33. The Labute approximate surface area is 159 Å². The van der Waals surface area contributed by atoms with E-state index in [0.717, 1.165) is 12.8 Å². The lowest BCUT2D eigenvalue weighted by Gasteiger charge is -2.10. The molecule has 0 radical (unpaired) electrons. The van der Waals surface area contributed by atoms with Gasteiger partial charge in [0.25, 0.3) is 0 Å². The predicted octanol–water partition coefficient (Wildman–Crippen LogP) is 4.83. The fourth-order valence-electron chi connectivity index (χ4n) is 3.51. The maximum atomic E-state index is 11.8. The number of carbonyl (C=O) groups excluding carboxylic acids is 1. The van der Waals surface area contributed by atoms with E-state index in [4.69, 9.17) is 9.84 Å². The van der Waals surface area contributed by atoms with E-state index in [-0.39, 0.29) is 12.1 Å². The normalized spacial score (nSPS) is 19.6. The Hall–Kier alpha value is -1.10. The predicted molar refractivity (Wildman–Crippen MR) is 104 cm³/mol. The second-order valence-corrected chi connectivity index (χ2v) is 7.64. The molecule has 2 N–H and O–H groups in total. The maximum absolute atomic E-state index is 11.8. The van der Waals surface area contributed by atoms with Gasteiger partial charge in [-0.2, -0.15) is 0 Å². The summed E-state index contributed by atoms with van der Waals surface area (Å²) in [6, 6.07) is -0.579. The summed E-state index contributed by atoms with van der Waals surface area (Å²) in [6.07, 6.45) is 17.2. The molecule has 1 rings (SSSR count). The molecule has 1 aliphatic heterocycles. The van der Waals surface area contributed by atoms with E-state index in [1.54, 1.807) is 0 Å². The van der Waals surface area contributed by atoms with Crippen LogP contribution in [0.1, 0.15) is 103 Å². The zero-order valence-corrected chi connectivity index (χ0v) is 16.6. The number of carboxylic acids is 1. The average molecular weight is 370 g/mol. The highest BCUT2D eigenvalue weighted by Crippen LogP contribution is 2.15. The van der Waals surface area contributed by atoms with Crippen molar-refractivity contribution in [2.45, 2.75) is 115 Å². The van der Waals surface area contributed by atoms with Crippen molar-refractivity contribution >= 4 is 11.9 Å². The molecule has 5 heteroatoms. The van der Waals surface area contributed by atoms with Gasteiger partial charge in [-0.05, 0) is 6.42 Å². The highest BCUT2D eigenvalue weighted by Gasteiger charge is 2.31. The minimum Gasteiger partial charge on any atom is -0.480 e. The lowest BCUT2D eigenvalue weighted by molar-refractivity contribution is -0.149. The Balaban J connectivity index is 1.83. The van der Waals surface area contributed by atoms with Crippen LogP contribution in [0.4, 0.5) is 0 Å². The Morgan fingerprint density at radius 1 is 0.885 bits per heavy atom. The summed E-state index contributed by atoms with van der Waals surface area (Å²) in [4.78, 5) is 22.6. The molecule has 0 aliphatic carbocycles. The van der Waals surface area contributed by atoms with Gasteiger partial charge in [-0.25, -0.2) is 0 Å². The molecule has 5 nitrogen and oxygen atoms in total. The number of unbranched alkanes of at least 4 members (excludes halogenated alkanes) is 12. The molecule has 1 aliphatic rings. The molecular formula is C21H39NO4. The van der Waals surface area contributed by atoms with Crippen molar-refractivity contribution in [3.8, 4) is 0 Å². The van der Waals surface area contributed by atoms with Gasteiger partial charge < -0.3 is 15.2 Å². The first-order valence-corrected chi connectivity index (χ1v) is 10.8. The first-order chi connectivity index (χ1) is 12.6. The van der Waals surface area contributed by atoms with E-state index in [1.807, 2.05) is 0 Å². The molecular weight excluding hydrogens is 330 g/mol. The average Bonchev–Trinajstić information content (AvgIpc) is 3.07. The van der Waals surface area contributed by atoms with E-state index < -0.39 is 12.0 Å². The van der Waals surface area contributed by atoms with Crippen LogP contribution in [0.15, 0.2) is 0 Å². The van der Waals surface area contributed by atoms with Crippen molar-refractivity contribution in [2.24, 2.45) is 0 Å². The van der Waals surface area contributed by atoms with Gasteiger partial charge in [0, 0.05) is 19.4 Å². The van der Waals surface area contributed by atoms with E-state index in [9.17, 15) is 9.59 Å². The Morgan fingerprint density at radius 3 is 1.85 bits per heavy atom. The molecule has 2 atom stereocenters. The van der Waals surface area contributed by atoms with Gasteiger partial charge >= 0.3 is 11.9 Å². The fourth-order valence-corrected chi connectivity index (χ4v) is 3.51. The van der Waals surface area contributed by atoms with E-state index >= 15 is 0 Å². The van der Waals surface area contributed by atoms with Gasteiger partial charge in [0.2, 0.25) is 0 Å². The molecule has 26 heavy (non-hydrogen) atoms. The molecule has 0 aromatic carbocycles. The molecule has 1 saturated heterocycles. The number of ether oxygens (including phenoxy) is 1. The standard InChI is InChI=1S/C21H39NO4/c1-2-3-4-5-6-7-8-9-10-11-12-13-14-15-20(23)26-18-16-19(21(24)25)22-17-18/h18-19,22H,2-17H2,1H3,(H,24,25). The van der Waals surface area contributed by atoms with Crippen molar-refractivity contribution in [1.82, 2.24) is 5.32 Å². The minimum absolute atomic E-state index is 0.189. The molecule has 1 fully saturated rings. The van der Waals surface area contributed by atoms with Crippen LogP contribution in [0.25, 0.3) is 0 Å². The molecule has 0 spiro atoms. The summed E-state index contributed by atoms with van der Waals surface area (Å²) in [5.41, 5.74) is 0. The maximum Gasteiger partial charge on any atom is 0.320 e. The number of carbonyl (C=O) groups is 2. The van der Waals surface area contributed by atoms with Crippen molar-refractivity contribution in [1.29, 1.82) is 0 Å². The summed E-state index contributed by atoms with van der Waals surface area (Å²) in [5, 5.41) is 11.7. The third-order valence-electron chi connectivity index (χ3n) is 5.17. The number of rotatable bonds is 16. The highest BCUT2D eigenvalue weighted by atomic mass is 16.5. The quantitative estimate of drug-likeness (QED) is 0.301. The van der Waals surface area contributed by atoms with Crippen LogP contribution in [0.2, 0.25) is 0 Å². The lowest BCUT2D eigenvalue weighted by Crippen LogP contribution is -2.30. The minimum atomic E-state index is -0.875. The SMILES string of the molecule is CCCCCCCCCCCCCCCC(=O)OC1CNC(C(=O)O)C1. The topological polar surface area (TPSA) is 75.6 Å². The van der Waals surface area contributed by atoms with E-state index in [1.165, 1.54) is 70.6 Å². The van der Waals surface area contributed by atoms with Crippen LogP contribution in [-0.4, -0.2) is 35.7 Å². The summed E-state index contributed by atoms with van der Waals surface area (Å²) >= 11 is 0. The van der Waals surface area contributed by atoms with Gasteiger partial charge in [0.1, 0.15) is 12.1 Å². The smallest absolute Gasteiger partial charge is 0.320 e. The van der Waals surface area contributed by atoms with Crippen LogP contribution in [0.3, 0.4) is 0 Å². The first-order valence-electron chi connectivity index (χ1n) is 10.8. The summed E-state index contributed by atoms with van der Waals surface area (Å²) in [7, 11) is 0. The molecule has 0 saturated carbocycles. The zero-order chi connectivity index (χ0) is 19.0. The molecule has 1 heterocycles. The van der Waals surface area contributed by atoms with Gasteiger partial charge in [0.15, 0.2) is 0 Å². The summed E-state index contributed by atoms with van der Waals surface area (Å²) in [6.45, 7) is 2.70. The monoisotopic (exact) mass is 369 g/mol. The highest BCUT2D eigenvalue weighted by molar-refractivity contribution is 5.74. The largest absolute Gasteiger partial charge is 0.480 e. The second-order valence-electron chi connectivity index (χ2n) is 7.64. The molecule has 0 amide bonds. The molecule has 0 aromatic rings. The van der Waals surface area contributed by atoms with Crippen molar-refractivity contribution in [3.63, 3.8) is 0 Å². The van der Waals surface area contributed by atoms with E-state index in [2.05, 4.69) is 12.2 Å². The van der Waals surface area contributed by atoms with Crippen LogP contribution < -0.4 is 5.32 Å². The van der Waals surface area contributed by atoms with Crippen LogP contribution >= 0.6 is 0 Å². The third-order valence-corrected chi connectivity index (χ3v) is 5.17. The first kappa shape index (κ1) is 22.9. The number of carboxylic acid groups (broad SMARTS) is 1. The molecule has 2 unspecified atom stereocenters. The van der Waals surface area contributed by atoms with Crippen LogP contribution in [0.5, 0.6) is 0 Å².